The zero-order valence-electron chi connectivity index (χ0n) is 9.84. The maximum Gasteiger partial charge on any atom is 0.0642 e. The highest BCUT2D eigenvalue weighted by Gasteiger charge is 2.03. The first-order chi connectivity index (χ1) is 7.00. The molecule has 0 saturated heterocycles. The normalized spacial score (nSPS) is 10.8. The minimum atomic E-state index is 0.498. The maximum absolute atomic E-state index is 6.17. The van der Waals surface area contributed by atoms with E-state index in [4.69, 9.17) is 11.6 Å². The fraction of sp³-hybridized carbons (Fsp3) is 0.500. The van der Waals surface area contributed by atoms with E-state index < -0.39 is 0 Å². The zero-order chi connectivity index (χ0) is 11.4. The average Bonchev–Trinajstić information content (AvgIpc) is 2.14. The predicted molar refractivity (Wildman–Crippen MR) is 67.8 cm³/mol. The van der Waals surface area contributed by atoms with Crippen molar-refractivity contribution in [1.29, 1.82) is 0 Å². The van der Waals surface area contributed by atoms with Crippen LogP contribution < -0.4 is 10.2 Å². The molecule has 1 N–H and O–H groups in total. The van der Waals surface area contributed by atoms with Gasteiger partial charge >= 0.3 is 0 Å². The van der Waals surface area contributed by atoms with E-state index in [9.17, 15) is 0 Å². The minimum Gasteiger partial charge on any atom is -0.376 e. The van der Waals surface area contributed by atoms with Crippen LogP contribution in [0.15, 0.2) is 18.2 Å². The second kappa shape index (κ2) is 5.38. The van der Waals surface area contributed by atoms with Crippen LogP contribution in [0.25, 0.3) is 0 Å². The Morgan fingerprint density at radius 2 is 2.00 bits per heavy atom. The summed E-state index contributed by atoms with van der Waals surface area (Å²) in [6.07, 6.45) is 0. The second-order valence-electron chi connectivity index (χ2n) is 4.22. The molecule has 0 bridgehead atoms. The van der Waals surface area contributed by atoms with Crippen molar-refractivity contribution >= 4 is 17.3 Å². The van der Waals surface area contributed by atoms with Gasteiger partial charge in [0, 0.05) is 26.7 Å². The second-order valence-corrected chi connectivity index (χ2v) is 4.62. The molecule has 0 aliphatic carbocycles. The molecule has 0 saturated carbocycles. The molecule has 0 unspecified atom stereocenters. The number of benzene rings is 1. The first kappa shape index (κ1) is 12.3. The van der Waals surface area contributed by atoms with Gasteiger partial charge in [-0.1, -0.05) is 31.5 Å². The maximum atomic E-state index is 6.17. The van der Waals surface area contributed by atoms with E-state index in [1.807, 2.05) is 25.1 Å². The van der Waals surface area contributed by atoms with Gasteiger partial charge < -0.3 is 10.2 Å². The highest BCUT2D eigenvalue weighted by molar-refractivity contribution is 6.33. The Kier molecular flexibility index (Phi) is 4.43. The molecular formula is C12H19ClN2. The lowest BCUT2D eigenvalue weighted by Crippen LogP contribution is -2.21. The fourth-order valence-electron chi connectivity index (χ4n) is 1.35. The summed E-state index contributed by atoms with van der Waals surface area (Å²) < 4.78 is 0. The van der Waals surface area contributed by atoms with E-state index >= 15 is 0 Å². The molecular weight excluding hydrogens is 208 g/mol. The van der Waals surface area contributed by atoms with Gasteiger partial charge in [-0.05, 0) is 17.7 Å². The fourth-order valence-corrected chi connectivity index (χ4v) is 1.72. The SMILES string of the molecule is CC(C)NCc1ccc(N(C)C)c(Cl)c1. The summed E-state index contributed by atoms with van der Waals surface area (Å²) in [5.41, 5.74) is 2.28. The van der Waals surface area contributed by atoms with Crippen LogP contribution in [0.4, 0.5) is 5.69 Å². The summed E-state index contributed by atoms with van der Waals surface area (Å²) in [5.74, 6) is 0. The molecule has 0 amide bonds. The summed E-state index contributed by atoms with van der Waals surface area (Å²) in [7, 11) is 3.99. The topological polar surface area (TPSA) is 15.3 Å². The standard InChI is InChI=1S/C12H19ClN2/c1-9(2)14-8-10-5-6-12(15(3)4)11(13)7-10/h5-7,9,14H,8H2,1-4H3. The molecule has 1 aromatic rings. The quantitative estimate of drug-likeness (QED) is 0.850. The van der Waals surface area contributed by atoms with Crippen LogP contribution in [-0.4, -0.2) is 20.1 Å². The molecule has 0 spiro atoms. The van der Waals surface area contributed by atoms with Gasteiger partial charge in [0.05, 0.1) is 10.7 Å². The lowest BCUT2D eigenvalue weighted by atomic mass is 10.2. The van der Waals surface area contributed by atoms with Crippen LogP contribution in [0.5, 0.6) is 0 Å². The summed E-state index contributed by atoms with van der Waals surface area (Å²) in [6, 6.07) is 6.68. The van der Waals surface area contributed by atoms with Gasteiger partial charge in [-0.3, -0.25) is 0 Å². The van der Waals surface area contributed by atoms with E-state index in [0.717, 1.165) is 17.3 Å². The van der Waals surface area contributed by atoms with Crippen molar-refractivity contribution in [1.82, 2.24) is 5.32 Å². The zero-order valence-corrected chi connectivity index (χ0v) is 10.6. The molecule has 0 aliphatic rings. The van der Waals surface area contributed by atoms with E-state index in [1.54, 1.807) is 0 Å². The third kappa shape index (κ3) is 3.73. The van der Waals surface area contributed by atoms with Gasteiger partial charge in [0.2, 0.25) is 0 Å². The van der Waals surface area contributed by atoms with Gasteiger partial charge in [0.1, 0.15) is 0 Å². The van der Waals surface area contributed by atoms with Crippen molar-refractivity contribution in [2.24, 2.45) is 0 Å². The highest BCUT2D eigenvalue weighted by atomic mass is 35.5. The Labute approximate surface area is 97.2 Å². The van der Waals surface area contributed by atoms with Crippen LogP contribution in [0.1, 0.15) is 19.4 Å². The van der Waals surface area contributed by atoms with E-state index in [2.05, 4.69) is 31.3 Å². The first-order valence-corrected chi connectivity index (χ1v) is 5.57. The molecule has 1 rings (SSSR count). The van der Waals surface area contributed by atoms with Gasteiger partial charge in [-0.25, -0.2) is 0 Å². The summed E-state index contributed by atoms with van der Waals surface area (Å²) in [5, 5.41) is 4.17. The average molecular weight is 227 g/mol. The molecule has 0 fully saturated rings. The molecule has 0 aromatic heterocycles. The summed E-state index contributed by atoms with van der Waals surface area (Å²) >= 11 is 6.17. The molecule has 0 radical (unpaired) electrons. The smallest absolute Gasteiger partial charge is 0.0642 e. The molecule has 2 nitrogen and oxygen atoms in total. The number of nitrogens with zero attached hydrogens (tertiary/aromatic N) is 1. The molecule has 0 aliphatic heterocycles. The van der Waals surface area contributed by atoms with Gasteiger partial charge in [-0.15, -0.1) is 0 Å². The van der Waals surface area contributed by atoms with Crippen LogP contribution in [0.3, 0.4) is 0 Å². The van der Waals surface area contributed by atoms with E-state index in [1.165, 1.54) is 5.56 Å². The molecule has 3 heteroatoms. The lowest BCUT2D eigenvalue weighted by molar-refractivity contribution is 0.589. The number of anilines is 1. The number of nitrogens with one attached hydrogen (secondary N) is 1. The lowest BCUT2D eigenvalue weighted by Gasteiger charge is -2.15. The minimum absolute atomic E-state index is 0.498. The summed E-state index contributed by atoms with van der Waals surface area (Å²) in [6.45, 7) is 5.14. The van der Waals surface area contributed by atoms with E-state index in [0.29, 0.717) is 6.04 Å². The number of rotatable bonds is 4. The van der Waals surface area contributed by atoms with Gasteiger partial charge in [0.25, 0.3) is 0 Å². The first-order valence-electron chi connectivity index (χ1n) is 5.20. The molecule has 0 heterocycles. The number of hydrogen-bond acceptors (Lipinski definition) is 2. The summed E-state index contributed by atoms with van der Waals surface area (Å²) in [4.78, 5) is 2.02. The van der Waals surface area contributed by atoms with Crippen molar-refractivity contribution in [2.75, 3.05) is 19.0 Å². The third-order valence-electron chi connectivity index (χ3n) is 2.21. The van der Waals surface area contributed by atoms with Crippen molar-refractivity contribution < 1.29 is 0 Å². The monoisotopic (exact) mass is 226 g/mol. The van der Waals surface area contributed by atoms with Crippen LogP contribution in [0.2, 0.25) is 5.02 Å². The van der Waals surface area contributed by atoms with Crippen molar-refractivity contribution in [3.63, 3.8) is 0 Å². The Bertz CT molecular complexity index is 321. The third-order valence-corrected chi connectivity index (χ3v) is 2.51. The van der Waals surface area contributed by atoms with Crippen LogP contribution in [-0.2, 0) is 6.54 Å². The van der Waals surface area contributed by atoms with Crippen molar-refractivity contribution in [3.8, 4) is 0 Å². The largest absolute Gasteiger partial charge is 0.376 e. The predicted octanol–water partition coefficient (Wildman–Crippen LogP) is 2.90. The Morgan fingerprint density at radius 3 is 2.47 bits per heavy atom. The van der Waals surface area contributed by atoms with Gasteiger partial charge in [0.15, 0.2) is 0 Å². The Balaban J connectivity index is 2.73. The van der Waals surface area contributed by atoms with Crippen molar-refractivity contribution in [3.05, 3.63) is 28.8 Å². The number of halogens is 1. The van der Waals surface area contributed by atoms with Crippen molar-refractivity contribution in [2.45, 2.75) is 26.4 Å². The molecule has 15 heavy (non-hydrogen) atoms. The molecule has 1 aromatic carbocycles. The van der Waals surface area contributed by atoms with Crippen LogP contribution >= 0.6 is 11.6 Å². The molecule has 84 valence electrons. The Hall–Kier alpha value is -0.730. The van der Waals surface area contributed by atoms with E-state index in [-0.39, 0.29) is 0 Å². The van der Waals surface area contributed by atoms with Gasteiger partial charge in [-0.2, -0.15) is 0 Å². The highest BCUT2D eigenvalue weighted by Crippen LogP contribution is 2.25. The number of hydrogen-bond donors (Lipinski definition) is 1. The molecule has 0 atom stereocenters. The Morgan fingerprint density at radius 1 is 1.33 bits per heavy atom. The van der Waals surface area contributed by atoms with Crippen LogP contribution in [0, 0.1) is 0 Å².